The lowest BCUT2D eigenvalue weighted by atomic mass is 9.95. The van der Waals surface area contributed by atoms with Crippen molar-refractivity contribution in [3.8, 4) is 23.3 Å². The zero-order valence-corrected chi connectivity index (χ0v) is 29.1. The van der Waals surface area contributed by atoms with Gasteiger partial charge in [-0.25, -0.2) is 9.18 Å². The van der Waals surface area contributed by atoms with E-state index in [4.69, 9.17) is 26.1 Å². The molecule has 2 atom stereocenters. The Hall–Kier alpha value is -4.27. The second kappa shape index (κ2) is 12.9. The lowest BCUT2D eigenvalue weighted by Gasteiger charge is -2.31. The Labute approximate surface area is 290 Å². The van der Waals surface area contributed by atoms with Gasteiger partial charge in [0, 0.05) is 41.8 Å². The first-order valence-electron chi connectivity index (χ1n) is 17.0. The molecule has 5 heterocycles. The van der Waals surface area contributed by atoms with Crippen molar-refractivity contribution in [2.75, 3.05) is 38.2 Å². The second-order valence-corrected chi connectivity index (χ2v) is 14.9. The molecule has 2 aromatic carbocycles. The molecule has 0 saturated carbocycles. The Morgan fingerprint density at radius 3 is 2.61 bits per heavy atom. The van der Waals surface area contributed by atoms with Crippen molar-refractivity contribution in [2.24, 2.45) is 0 Å². The molecule has 12 heteroatoms. The van der Waals surface area contributed by atoms with Crippen LogP contribution in [-0.2, 0) is 4.74 Å². The third kappa shape index (κ3) is 6.21. The van der Waals surface area contributed by atoms with Crippen molar-refractivity contribution in [3.63, 3.8) is 0 Å². The van der Waals surface area contributed by atoms with E-state index in [9.17, 15) is 10.1 Å². The van der Waals surface area contributed by atoms with E-state index < -0.39 is 17.5 Å². The number of anilines is 1. The first-order valence-corrected chi connectivity index (χ1v) is 17.4. The lowest BCUT2D eigenvalue weighted by Crippen LogP contribution is -2.43. The van der Waals surface area contributed by atoms with E-state index in [-0.39, 0.29) is 41.3 Å². The molecule has 0 aliphatic carbocycles. The number of nitriles is 1. The Balaban J connectivity index is 1.30. The molecule has 3 aliphatic heterocycles. The van der Waals surface area contributed by atoms with Crippen molar-refractivity contribution in [1.82, 2.24) is 24.8 Å². The zero-order chi connectivity index (χ0) is 34.5. The number of ether oxygens (including phenoxy) is 2. The van der Waals surface area contributed by atoms with Gasteiger partial charge in [-0.1, -0.05) is 41.9 Å². The standard InChI is InChI=1S/C37H41ClFN7O3/c1-36(2,3)49-35(47)46-21-25(19-24(46)13-16-40)44(4)33-27-20-41-31(26-11-5-9-23-10-6-12-28(38)29(23)26)30(39)32(27)42-34(43-33)48-22-37-14-7-17-45(37)18-8-15-37/h5-6,9-12,20,24-25H,7-8,13-15,17-19,21-22H2,1-4H3/t24-,25-/m1/s1. The second-order valence-electron chi connectivity index (χ2n) is 14.5. The highest BCUT2D eigenvalue weighted by atomic mass is 35.5. The van der Waals surface area contributed by atoms with Crippen molar-refractivity contribution in [3.05, 3.63) is 53.4 Å². The quantitative estimate of drug-likeness (QED) is 0.197. The topological polar surface area (TPSA) is 108 Å². The number of likely N-dealkylation sites (N-methyl/N-ethyl adjacent to an activating group) is 1. The summed E-state index contributed by atoms with van der Waals surface area (Å²) in [6.45, 7) is 8.27. The van der Waals surface area contributed by atoms with Gasteiger partial charge in [-0.15, -0.1) is 0 Å². The normalized spacial score (nSPS) is 20.5. The summed E-state index contributed by atoms with van der Waals surface area (Å²) in [5.74, 6) is -0.162. The van der Waals surface area contributed by atoms with Crippen LogP contribution in [0.25, 0.3) is 32.9 Å². The SMILES string of the molecule is CN(c1nc(OCC23CCCN2CCC3)nc2c(F)c(-c3cccc4cccc(Cl)c34)ncc12)[C@@H]1C[C@@H](CC#N)N(C(=O)OC(C)(C)C)C1. The molecule has 49 heavy (non-hydrogen) atoms. The first-order chi connectivity index (χ1) is 23.5. The highest BCUT2D eigenvalue weighted by Crippen LogP contribution is 2.41. The maximum Gasteiger partial charge on any atom is 0.410 e. The minimum absolute atomic E-state index is 0.0596. The van der Waals surface area contributed by atoms with Gasteiger partial charge in [-0.05, 0) is 77.4 Å². The molecule has 0 bridgehead atoms. The molecule has 4 aromatic rings. The molecule has 0 radical (unpaired) electrons. The van der Waals surface area contributed by atoms with Crippen LogP contribution in [0.2, 0.25) is 5.02 Å². The average molecular weight is 686 g/mol. The van der Waals surface area contributed by atoms with E-state index >= 15 is 4.39 Å². The number of benzene rings is 2. The number of likely N-dealkylation sites (tertiary alicyclic amines) is 1. The fraction of sp³-hybridized carbons (Fsp3) is 0.486. The predicted molar refractivity (Wildman–Crippen MR) is 187 cm³/mol. The van der Waals surface area contributed by atoms with Crippen molar-refractivity contribution in [2.45, 2.75) is 82.5 Å². The number of nitrogens with zero attached hydrogens (tertiary/aromatic N) is 7. The van der Waals surface area contributed by atoms with Gasteiger partial charge in [0.15, 0.2) is 5.82 Å². The van der Waals surface area contributed by atoms with Crippen LogP contribution >= 0.6 is 11.6 Å². The number of hydrogen-bond donors (Lipinski definition) is 0. The lowest BCUT2D eigenvalue weighted by molar-refractivity contribution is 0.0228. The number of carbonyl (C=O) groups is 1. The number of rotatable bonds is 7. The minimum Gasteiger partial charge on any atom is -0.461 e. The van der Waals surface area contributed by atoms with E-state index in [1.54, 1.807) is 17.2 Å². The fourth-order valence-electron chi connectivity index (χ4n) is 7.88. The van der Waals surface area contributed by atoms with Crippen molar-refractivity contribution < 1.29 is 18.7 Å². The summed E-state index contributed by atoms with van der Waals surface area (Å²) in [6, 6.07) is 12.9. The van der Waals surface area contributed by atoms with Crippen LogP contribution in [0.3, 0.4) is 0 Å². The summed E-state index contributed by atoms with van der Waals surface area (Å²) < 4.78 is 29.0. The number of pyridine rings is 1. The third-order valence-electron chi connectivity index (χ3n) is 10.3. The van der Waals surface area contributed by atoms with E-state index in [0.29, 0.717) is 46.7 Å². The van der Waals surface area contributed by atoms with Gasteiger partial charge in [-0.3, -0.25) is 9.88 Å². The van der Waals surface area contributed by atoms with Gasteiger partial charge in [0.1, 0.15) is 29.2 Å². The van der Waals surface area contributed by atoms with Crippen LogP contribution in [0, 0.1) is 17.1 Å². The monoisotopic (exact) mass is 685 g/mol. The maximum atomic E-state index is 16.9. The zero-order valence-electron chi connectivity index (χ0n) is 28.4. The first kappa shape index (κ1) is 33.2. The highest BCUT2D eigenvalue weighted by Gasteiger charge is 2.45. The fourth-order valence-corrected chi connectivity index (χ4v) is 8.17. The molecule has 10 nitrogen and oxygen atoms in total. The van der Waals surface area contributed by atoms with Gasteiger partial charge in [0.05, 0.1) is 29.5 Å². The molecule has 0 unspecified atom stereocenters. The molecule has 3 aliphatic rings. The molecule has 1 amide bonds. The van der Waals surface area contributed by atoms with Gasteiger partial charge < -0.3 is 19.3 Å². The highest BCUT2D eigenvalue weighted by molar-refractivity contribution is 6.36. The number of amides is 1. The maximum absolute atomic E-state index is 16.9. The molecular formula is C37H41ClFN7O3. The predicted octanol–water partition coefficient (Wildman–Crippen LogP) is 7.37. The average Bonchev–Trinajstić information content (AvgIpc) is 3.78. The Morgan fingerprint density at radius 2 is 1.90 bits per heavy atom. The summed E-state index contributed by atoms with van der Waals surface area (Å²) >= 11 is 6.63. The Morgan fingerprint density at radius 1 is 1.16 bits per heavy atom. The van der Waals surface area contributed by atoms with E-state index in [0.717, 1.165) is 44.2 Å². The van der Waals surface area contributed by atoms with Crippen LogP contribution in [0.4, 0.5) is 15.0 Å². The molecular weight excluding hydrogens is 645 g/mol. The summed E-state index contributed by atoms with van der Waals surface area (Å²) in [7, 11) is 1.86. The largest absolute Gasteiger partial charge is 0.461 e. The number of halogens is 2. The number of fused-ring (bicyclic) bond motifs is 3. The molecule has 7 rings (SSSR count). The third-order valence-corrected chi connectivity index (χ3v) is 10.6. The molecule has 3 fully saturated rings. The molecule has 0 N–H and O–H groups in total. The van der Waals surface area contributed by atoms with E-state index in [1.807, 2.05) is 63.1 Å². The molecule has 2 aromatic heterocycles. The van der Waals surface area contributed by atoms with Crippen LogP contribution in [0.15, 0.2) is 42.6 Å². The summed E-state index contributed by atoms with van der Waals surface area (Å²) in [5, 5.41) is 12.1. The van der Waals surface area contributed by atoms with E-state index in [1.165, 1.54) is 0 Å². The molecule has 3 saturated heterocycles. The van der Waals surface area contributed by atoms with Crippen LogP contribution in [0.5, 0.6) is 6.01 Å². The van der Waals surface area contributed by atoms with E-state index in [2.05, 4.69) is 20.9 Å². The molecule has 0 spiro atoms. The molecule has 256 valence electrons. The van der Waals surface area contributed by atoms with Gasteiger partial charge in [0.2, 0.25) is 0 Å². The van der Waals surface area contributed by atoms with Gasteiger partial charge in [-0.2, -0.15) is 15.2 Å². The Kier molecular flexibility index (Phi) is 8.74. The smallest absolute Gasteiger partial charge is 0.410 e. The summed E-state index contributed by atoms with van der Waals surface area (Å²) in [6.07, 6.45) is 6.12. The summed E-state index contributed by atoms with van der Waals surface area (Å²) in [4.78, 5) is 33.4. The number of hydrogen-bond acceptors (Lipinski definition) is 9. The Bertz CT molecular complexity index is 1950. The van der Waals surface area contributed by atoms with Crippen LogP contribution in [-0.4, -0.2) is 87.4 Å². The number of carbonyl (C=O) groups excluding carboxylic acids is 1. The van der Waals surface area contributed by atoms with Crippen molar-refractivity contribution >= 4 is 45.2 Å². The van der Waals surface area contributed by atoms with Crippen molar-refractivity contribution in [1.29, 1.82) is 5.26 Å². The van der Waals surface area contributed by atoms with Gasteiger partial charge in [0.25, 0.3) is 0 Å². The minimum atomic E-state index is -0.684. The van der Waals surface area contributed by atoms with Gasteiger partial charge >= 0.3 is 12.1 Å². The van der Waals surface area contributed by atoms with Crippen LogP contribution in [0.1, 0.15) is 59.3 Å². The number of aromatic nitrogens is 3. The van der Waals surface area contributed by atoms with Crippen LogP contribution < -0.4 is 9.64 Å². The summed E-state index contributed by atoms with van der Waals surface area (Å²) in [5.41, 5.74) is 0.0373.